The molecule has 2 aliphatic heterocycles. The molecule has 0 unspecified atom stereocenters. The van der Waals surface area contributed by atoms with Gasteiger partial charge in [0.1, 0.15) is 12.4 Å². The standard InChI is InChI=1S/C29H34F2N6O3S/c1-17(2)20-13-19(30)14-21-18-6-7-32-24(12-18)40-16-29(3,4)37-26(28(39)36-10-8-35(5)9-11-36)25(31)27(33-37)41-34-23(38)15-22(20)21/h6-7,12-14,17H,8-11,15-16H2,1-5H3,(H,34,38). The van der Waals surface area contributed by atoms with Crippen molar-refractivity contribution in [2.45, 2.75) is 50.6 Å². The highest BCUT2D eigenvalue weighted by molar-refractivity contribution is 7.97. The molecular weight excluding hydrogens is 550 g/mol. The van der Waals surface area contributed by atoms with Gasteiger partial charge in [-0.25, -0.2) is 18.4 Å². The number of nitrogens with one attached hydrogen (secondary N) is 1. The van der Waals surface area contributed by atoms with Crippen LogP contribution in [0.2, 0.25) is 0 Å². The van der Waals surface area contributed by atoms with E-state index in [1.807, 2.05) is 20.9 Å². The zero-order valence-corrected chi connectivity index (χ0v) is 24.6. The molecule has 2 amide bonds. The molecule has 0 atom stereocenters. The maximum atomic E-state index is 16.0. The van der Waals surface area contributed by atoms with Crippen LogP contribution in [0.15, 0.2) is 35.5 Å². The molecule has 1 aromatic carbocycles. The summed E-state index contributed by atoms with van der Waals surface area (Å²) < 4.78 is 40.8. The number of pyridine rings is 1. The summed E-state index contributed by atoms with van der Waals surface area (Å²) in [6.07, 6.45) is 1.49. The van der Waals surface area contributed by atoms with Gasteiger partial charge in [0, 0.05) is 50.4 Å². The maximum absolute atomic E-state index is 16.0. The minimum Gasteiger partial charge on any atom is -0.475 e. The second-order valence-electron chi connectivity index (χ2n) is 11.4. The molecule has 3 aromatic rings. The van der Waals surface area contributed by atoms with Gasteiger partial charge in [-0.3, -0.25) is 14.3 Å². The molecule has 0 aliphatic carbocycles. The van der Waals surface area contributed by atoms with Crippen molar-refractivity contribution in [3.8, 4) is 17.0 Å². The van der Waals surface area contributed by atoms with Crippen LogP contribution in [-0.2, 0) is 16.8 Å². The highest BCUT2D eigenvalue weighted by Crippen LogP contribution is 2.34. The van der Waals surface area contributed by atoms with Gasteiger partial charge in [0.15, 0.2) is 16.5 Å². The molecule has 12 heteroatoms. The average molecular weight is 585 g/mol. The number of hydrogen-bond acceptors (Lipinski definition) is 7. The molecule has 1 N–H and O–H groups in total. The van der Waals surface area contributed by atoms with Gasteiger partial charge in [-0.1, -0.05) is 13.8 Å². The van der Waals surface area contributed by atoms with Gasteiger partial charge in [0.2, 0.25) is 11.8 Å². The van der Waals surface area contributed by atoms with Crippen LogP contribution in [0, 0.1) is 11.6 Å². The number of halogens is 2. The first kappa shape index (κ1) is 29.0. The topological polar surface area (TPSA) is 92.6 Å². The Bertz CT molecular complexity index is 1480. The van der Waals surface area contributed by atoms with E-state index in [4.69, 9.17) is 4.74 Å². The number of ether oxygens (including phenoxy) is 1. The monoisotopic (exact) mass is 584 g/mol. The minimum absolute atomic E-state index is 0.0112. The lowest BCUT2D eigenvalue weighted by molar-refractivity contribution is -0.118. The van der Waals surface area contributed by atoms with Gasteiger partial charge >= 0.3 is 0 Å². The largest absolute Gasteiger partial charge is 0.475 e. The minimum atomic E-state index is -0.978. The number of benzene rings is 1. The van der Waals surface area contributed by atoms with Crippen LogP contribution in [0.25, 0.3) is 11.1 Å². The van der Waals surface area contributed by atoms with Crippen LogP contribution in [0.4, 0.5) is 8.78 Å². The van der Waals surface area contributed by atoms with E-state index < -0.39 is 29.0 Å². The molecule has 4 heterocycles. The zero-order chi connectivity index (χ0) is 29.5. The number of fused-ring (bicyclic) bond motifs is 6. The SMILES string of the molecule is CC(C)c1cc(F)cc2c1CC(=O)NSc1nn(c(C(=O)N3CCN(C)CC3)c1F)C(C)(C)COc1cc-2ccn1. The summed E-state index contributed by atoms with van der Waals surface area (Å²) >= 11 is 0.721. The number of carbonyl (C=O) groups is 2. The lowest BCUT2D eigenvalue weighted by Gasteiger charge is -2.33. The van der Waals surface area contributed by atoms with Crippen LogP contribution >= 0.6 is 11.9 Å². The van der Waals surface area contributed by atoms with Crippen LogP contribution in [0.1, 0.15) is 55.2 Å². The van der Waals surface area contributed by atoms with E-state index in [1.54, 1.807) is 37.1 Å². The van der Waals surface area contributed by atoms with E-state index >= 15 is 4.39 Å². The highest BCUT2D eigenvalue weighted by atomic mass is 32.2. The smallest absolute Gasteiger partial charge is 0.275 e. The summed E-state index contributed by atoms with van der Waals surface area (Å²) in [7, 11) is 1.97. The molecule has 0 spiro atoms. The summed E-state index contributed by atoms with van der Waals surface area (Å²) in [5.41, 5.74) is 1.40. The van der Waals surface area contributed by atoms with Crippen LogP contribution in [-0.4, -0.2) is 76.2 Å². The van der Waals surface area contributed by atoms with Crippen LogP contribution < -0.4 is 9.46 Å². The molecule has 1 fully saturated rings. The molecule has 2 aliphatic rings. The molecule has 0 saturated carbocycles. The predicted octanol–water partition coefficient (Wildman–Crippen LogP) is 4.23. The molecule has 5 rings (SSSR count). The second-order valence-corrected chi connectivity index (χ2v) is 12.2. The number of piperazine rings is 1. The van der Waals surface area contributed by atoms with Crippen molar-refractivity contribution in [1.29, 1.82) is 0 Å². The summed E-state index contributed by atoms with van der Waals surface area (Å²) in [4.78, 5) is 34.9. The Morgan fingerprint density at radius 1 is 1.15 bits per heavy atom. The van der Waals surface area contributed by atoms with Gasteiger partial charge in [0.05, 0.1) is 12.0 Å². The van der Waals surface area contributed by atoms with E-state index in [-0.39, 0.29) is 35.5 Å². The van der Waals surface area contributed by atoms with E-state index in [9.17, 15) is 14.0 Å². The van der Waals surface area contributed by atoms with Gasteiger partial charge < -0.3 is 14.5 Å². The first-order valence-electron chi connectivity index (χ1n) is 13.6. The number of aromatic nitrogens is 3. The number of hydrogen-bond donors (Lipinski definition) is 1. The van der Waals surface area contributed by atoms with Crippen molar-refractivity contribution in [2.75, 3.05) is 39.8 Å². The third-order valence-electron chi connectivity index (χ3n) is 7.45. The number of carbonyl (C=O) groups excluding carboxylic acids is 2. The van der Waals surface area contributed by atoms with Gasteiger partial charge in [0.25, 0.3) is 5.91 Å². The molecule has 218 valence electrons. The maximum Gasteiger partial charge on any atom is 0.275 e. The third-order valence-corrected chi connectivity index (χ3v) is 8.24. The van der Waals surface area contributed by atoms with Gasteiger partial charge in [-0.05, 0) is 67.3 Å². The first-order chi connectivity index (χ1) is 19.4. The Balaban J connectivity index is 1.59. The third kappa shape index (κ3) is 5.94. The lowest BCUT2D eigenvalue weighted by atomic mass is 9.88. The van der Waals surface area contributed by atoms with Crippen molar-refractivity contribution in [2.24, 2.45) is 0 Å². The molecule has 2 aromatic heterocycles. The number of likely N-dealkylation sites (N-methyl/N-ethyl adjacent to an activating group) is 1. The molecule has 41 heavy (non-hydrogen) atoms. The van der Waals surface area contributed by atoms with Crippen molar-refractivity contribution in [3.05, 3.63) is 58.9 Å². The summed E-state index contributed by atoms with van der Waals surface area (Å²) in [6.45, 7) is 9.73. The summed E-state index contributed by atoms with van der Waals surface area (Å²) in [5.74, 6) is -1.88. The second kappa shape index (κ2) is 11.4. The fourth-order valence-electron chi connectivity index (χ4n) is 5.12. The number of amides is 2. The van der Waals surface area contributed by atoms with E-state index in [0.717, 1.165) is 11.9 Å². The zero-order valence-electron chi connectivity index (χ0n) is 23.8. The van der Waals surface area contributed by atoms with Crippen LogP contribution in [0.3, 0.4) is 0 Å². The molecular formula is C29H34F2N6O3S. The normalized spacial score (nSPS) is 17.8. The highest BCUT2D eigenvalue weighted by Gasteiger charge is 2.36. The lowest BCUT2D eigenvalue weighted by Crippen LogP contribution is -2.48. The van der Waals surface area contributed by atoms with Gasteiger partial charge in [-0.2, -0.15) is 5.10 Å². The van der Waals surface area contributed by atoms with Crippen molar-refractivity contribution < 1.29 is 23.1 Å². The Morgan fingerprint density at radius 2 is 1.88 bits per heavy atom. The fourth-order valence-corrected chi connectivity index (χ4v) is 5.71. The quantitative estimate of drug-likeness (QED) is 0.451. The van der Waals surface area contributed by atoms with E-state index in [0.29, 0.717) is 48.4 Å². The Kier molecular flexibility index (Phi) is 8.06. The number of nitrogens with zero attached hydrogens (tertiary/aromatic N) is 5. The Hall–Kier alpha value is -3.51. The molecule has 0 radical (unpaired) electrons. The predicted molar refractivity (Wildman–Crippen MR) is 152 cm³/mol. The van der Waals surface area contributed by atoms with Crippen LogP contribution in [0.5, 0.6) is 5.88 Å². The first-order valence-corrected chi connectivity index (χ1v) is 14.4. The van der Waals surface area contributed by atoms with Crippen molar-refractivity contribution in [1.82, 2.24) is 29.3 Å². The summed E-state index contributed by atoms with van der Waals surface area (Å²) in [5, 5.41) is 4.33. The molecule has 9 nitrogen and oxygen atoms in total. The van der Waals surface area contributed by atoms with E-state index in [1.165, 1.54) is 16.8 Å². The molecule has 1 saturated heterocycles. The van der Waals surface area contributed by atoms with Gasteiger partial charge in [-0.15, -0.1) is 0 Å². The van der Waals surface area contributed by atoms with E-state index in [2.05, 4.69) is 19.7 Å². The molecule has 4 bridgehead atoms. The average Bonchev–Trinajstić information content (AvgIpc) is 3.28. The Labute approximate surface area is 242 Å². The Morgan fingerprint density at radius 3 is 2.59 bits per heavy atom. The number of rotatable bonds is 2. The van der Waals surface area contributed by atoms with Crippen molar-refractivity contribution in [3.63, 3.8) is 0 Å². The fraction of sp³-hybridized carbons (Fsp3) is 0.448. The van der Waals surface area contributed by atoms with Crippen molar-refractivity contribution >= 4 is 23.8 Å². The summed E-state index contributed by atoms with van der Waals surface area (Å²) in [6, 6.07) is 6.28.